The van der Waals surface area contributed by atoms with Gasteiger partial charge in [-0.1, -0.05) is 0 Å². The molecule has 0 saturated carbocycles. The van der Waals surface area contributed by atoms with Crippen molar-refractivity contribution in [3.05, 3.63) is 76.7 Å². The summed E-state index contributed by atoms with van der Waals surface area (Å²) in [4.78, 5) is 14.3. The Morgan fingerprint density at radius 2 is 1.67 bits per heavy atom. The van der Waals surface area contributed by atoms with Crippen molar-refractivity contribution >= 4 is 20.5 Å². The third-order valence-electron chi connectivity index (χ3n) is 3.19. The third-order valence-corrected chi connectivity index (χ3v) is 4.84. The van der Waals surface area contributed by atoms with Gasteiger partial charge in [-0.2, -0.15) is 0 Å². The molecular formula is C18H14O2Se. The number of ether oxygens (including phenoxy) is 1. The normalized spacial score (nSPS) is 10.3. The van der Waals surface area contributed by atoms with Gasteiger partial charge in [-0.15, -0.1) is 0 Å². The summed E-state index contributed by atoms with van der Waals surface area (Å²) < 4.78 is 6.39. The van der Waals surface area contributed by atoms with E-state index in [2.05, 4.69) is 4.94 Å². The fourth-order valence-corrected chi connectivity index (χ4v) is 3.64. The van der Waals surface area contributed by atoms with Crippen LogP contribution in [0.2, 0.25) is 0 Å². The van der Waals surface area contributed by atoms with Crippen molar-refractivity contribution in [1.29, 1.82) is 0 Å². The van der Waals surface area contributed by atoms with E-state index in [1.165, 1.54) is 0 Å². The van der Waals surface area contributed by atoms with Gasteiger partial charge >= 0.3 is 129 Å². The van der Waals surface area contributed by atoms with Gasteiger partial charge in [0.1, 0.15) is 0 Å². The van der Waals surface area contributed by atoms with Crippen LogP contribution in [0.3, 0.4) is 0 Å². The van der Waals surface area contributed by atoms with Gasteiger partial charge in [0, 0.05) is 0 Å². The first kappa shape index (κ1) is 13.9. The van der Waals surface area contributed by atoms with Crippen LogP contribution in [0.25, 0.3) is 11.1 Å². The van der Waals surface area contributed by atoms with E-state index in [1.54, 1.807) is 12.1 Å². The number of hydrogen-bond acceptors (Lipinski definition) is 2. The molecule has 2 nitrogen and oxygen atoms in total. The standard InChI is InChI=1S/C18H14O2Se/c1-13-7-9-15(10-8-13)17(19)20-18-16(11-12-21-18)14-5-3-2-4-6-14/h2-12H,1H3. The summed E-state index contributed by atoms with van der Waals surface area (Å²) in [7, 11) is 0. The molecule has 104 valence electrons. The Kier molecular flexibility index (Phi) is 4.05. The number of carbonyl (C=O) groups is 1. The molecule has 1 aromatic heterocycles. The van der Waals surface area contributed by atoms with Gasteiger partial charge in [0.05, 0.1) is 0 Å². The van der Waals surface area contributed by atoms with Gasteiger partial charge in [-0.05, 0) is 0 Å². The second-order valence-electron chi connectivity index (χ2n) is 4.74. The van der Waals surface area contributed by atoms with Crippen LogP contribution in [-0.2, 0) is 0 Å². The molecule has 0 unspecified atom stereocenters. The van der Waals surface area contributed by atoms with Crippen LogP contribution < -0.4 is 4.74 Å². The first-order valence-corrected chi connectivity index (χ1v) is 8.50. The molecule has 0 atom stereocenters. The molecule has 2 aromatic carbocycles. The van der Waals surface area contributed by atoms with Gasteiger partial charge in [0.25, 0.3) is 0 Å². The molecule has 0 saturated heterocycles. The number of carbonyl (C=O) groups excluding carboxylic acids is 1. The second-order valence-corrected chi connectivity index (χ2v) is 6.59. The average molecular weight is 341 g/mol. The Hall–Kier alpha value is -2.09. The van der Waals surface area contributed by atoms with Crippen LogP contribution in [-0.4, -0.2) is 20.5 Å². The van der Waals surface area contributed by atoms with Gasteiger partial charge in [0.2, 0.25) is 0 Å². The van der Waals surface area contributed by atoms with Crippen LogP contribution in [0.1, 0.15) is 15.9 Å². The van der Waals surface area contributed by atoms with Crippen LogP contribution in [0, 0.1) is 6.92 Å². The zero-order chi connectivity index (χ0) is 14.7. The van der Waals surface area contributed by atoms with E-state index >= 15 is 0 Å². The predicted octanol–water partition coefficient (Wildman–Crippen LogP) is 3.94. The van der Waals surface area contributed by atoms with E-state index in [0.717, 1.165) is 21.3 Å². The third kappa shape index (κ3) is 3.15. The first-order valence-electron chi connectivity index (χ1n) is 6.66. The summed E-state index contributed by atoms with van der Waals surface area (Å²) in [6.07, 6.45) is 0. The van der Waals surface area contributed by atoms with Crippen LogP contribution >= 0.6 is 0 Å². The van der Waals surface area contributed by atoms with Crippen molar-refractivity contribution in [2.75, 3.05) is 0 Å². The molecule has 0 fully saturated rings. The van der Waals surface area contributed by atoms with Crippen molar-refractivity contribution in [1.82, 2.24) is 0 Å². The van der Waals surface area contributed by atoms with Crippen LogP contribution in [0.4, 0.5) is 0 Å². The SMILES string of the molecule is Cc1ccc(C(=O)Oc2[se]ccc2-c2ccccc2)cc1. The molecule has 0 amide bonds. The van der Waals surface area contributed by atoms with E-state index < -0.39 is 0 Å². The van der Waals surface area contributed by atoms with Crippen molar-refractivity contribution < 1.29 is 9.53 Å². The van der Waals surface area contributed by atoms with E-state index in [0.29, 0.717) is 5.56 Å². The molecule has 0 N–H and O–H groups in total. The molecule has 0 spiro atoms. The molecule has 1 heterocycles. The average Bonchev–Trinajstić information content (AvgIpc) is 2.97. The summed E-state index contributed by atoms with van der Waals surface area (Å²) in [5, 5.41) is 0. The fourth-order valence-electron chi connectivity index (χ4n) is 2.04. The monoisotopic (exact) mass is 342 g/mol. The maximum atomic E-state index is 12.2. The Morgan fingerprint density at radius 3 is 2.38 bits per heavy atom. The molecule has 0 radical (unpaired) electrons. The maximum absolute atomic E-state index is 12.2. The molecule has 0 aliphatic carbocycles. The summed E-state index contributed by atoms with van der Waals surface area (Å²) >= 11 is 0.0749. The molecule has 0 bridgehead atoms. The van der Waals surface area contributed by atoms with E-state index in [1.807, 2.05) is 55.5 Å². The minimum absolute atomic E-state index is 0.0749. The molecule has 0 aliphatic heterocycles. The molecule has 3 aromatic rings. The Balaban J connectivity index is 1.85. The van der Waals surface area contributed by atoms with Gasteiger partial charge in [0.15, 0.2) is 0 Å². The van der Waals surface area contributed by atoms with Crippen LogP contribution in [0.5, 0.6) is 4.62 Å². The van der Waals surface area contributed by atoms with Crippen molar-refractivity contribution in [2.45, 2.75) is 6.92 Å². The summed E-state index contributed by atoms with van der Waals surface area (Å²) in [5.41, 5.74) is 3.81. The molecule has 21 heavy (non-hydrogen) atoms. The molecule has 0 aliphatic rings. The number of hydrogen-bond donors (Lipinski definition) is 0. The summed E-state index contributed by atoms with van der Waals surface area (Å²) in [5.74, 6) is -0.288. The Morgan fingerprint density at radius 1 is 0.952 bits per heavy atom. The molecular weight excluding hydrogens is 327 g/mol. The summed E-state index contributed by atoms with van der Waals surface area (Å²) in [6, 6.07) is 19.5. The van der Waals surface area contributed by atoms with E-state index in [4.69, 9.17) is 4.74 Å². The zero-order valence-electron chi connectivity index (χ0n) is 11.6. The predicted molar refractivity (Wildman–Crippen MR) is 85.0 cm³/mol. The number of aryl methyl sites for hydroxylation is 1. The Labute approximate surface area is 129 Å². The number of benzene rings is 2. The van der Waals surface area contributed by atoms with Gasteiger partial charge in [-0.3, -0.25) is 0 Å². The topological polar surface area (TPSA) is 26.3 Å². The quantitative estimate of drug-likeness (QED) is 0.533. The second kappa shape index (κ2) is 6.13. The summed E-state index contributed by atoms with van der Waals surface area (Å²) in [6.45, 7) is 2.00. The zero-order valence-corrected chi connectivity index (χ0v) is 13.3. The Bertz CT molecular complexity index is 742. The first-order chi connectivity index (χ1) is 10.2. The van der Waals surface area contributed by atoms with Crippen molar-refractivity contribution in [3.63, 3.8) is 0 Å². The van der Waals surface area contributed by atoms with Gasteiger partial charge in [-0.25, -0.2) is 0 Å². The number of esters is 1. The van der Waals surface area contributed by atoms with Crippen molar-refractivity contribution in [2.24, 2.45) is 0 Å². The van der Waals surface area contributed by atoms with E-state index in [9.17, 15) is 4.79 Å². The van der Waals surface area contributed by atoms with Crippen LogP contribution in [0.15, 0.2) is 65.6 Å². The fraction of sp³-hybridized carbons (Fsp3) is 0.0556. The van der Waals surface area contributed by atoms with Gasteiger partial charge < -0.3 is 0 Å². The van der Waals surface area contributed by atoms with E-state index in [-0.39, 0.29) is 20.5 Å². The molecule has 3 rings (SSSR count). The minimum atomic E-state index is -0.288. The van der Waals surface area contributed by atoms with Crippen molar-refractivity contribution in [3.8, 4) is 15.8 Å². The molecule has 3 heteroatoms. The number of rotatable bonds is 3.